The molecule has 0 heterocycles. The maximum atomic E-state index is 6.21. The Kier molecular flexibility index (Phi) is 7.58. The predicted octanol–water partition coefficient (Wildman–Crippen LogP) is 9.58. The van der Waals surface area contributed by atoms with Crippen LogP contribution in [0.5, 0.6) is 0 Å². The van der Waals surface area contributed by atoms with Gasteiger partial charge in [-0.3, -0.25) is 0 Å². The number of nitrogens with zero attached hydrogens (tertiary/aromatic N) is 2. The van der Waals surface area contributed by atoms with E-state index in [1.54, 1.807) is 0 Å². The standard InChI is InChI=1S/C37H37BN2/c1-24-8-12-32(13-9-24)39(36-27(4)20-26(3)21-28(36)5)34-16-18-35(19-17-34)40(33-14-10-25(2)11-15-33)37-29(6)22-31(38)23-30(37)7/h8-23H,1-7H3. The summed E-state index contributed by atoms with van der Waals surface area (Å²) in [5, 5.41) is 0. The van der Waals surface area contributed by atoms with Crippen LogP contribution in [0, 0.1) is 48.5 Å². The fourth-order valence-electron chi connectivity index (χ4n) is 5.82. The van der Waals surface area contributed by atoms with Crippen molar-refractivity contribution in [3.63, 3.8) is 0 Å². The molecule has 0 aliphatic heterocycles. The SMILES string of the molecule is [B]c1cc(C)c(N(c2ccc(C)cc2)c2ccc(N(c3ccc(C)cc3)c3c(C)cc(C)cc3C)cc2)c(C)c1. The molecule has 0 saturated carbocycles. The molecule has 198 valence electrons. The Morgan fingerprint density at radius 1 is 0.375 bits per heavy atom. The summed E-state index contributed by atoms with van der Waals surface area (Å²) in [6.45, 7) is 15.1. The molecule has 40 heavy (non-hydrogen) atoms. The minimum Gasteiger partial charge on any atom is -0.310 e. The zero-order valence-electron chi connectivity index (χ0n) is 24.7. The highest BCUT2D eigenvalue weighted by molar-refractivity contribution is 6.32. The molecule has 0 amide bonds. The third-order valence-electron chi connectivity index (χ3n) is 7.55. The highest BCUT2D eigenvalue weighted by Gasteiger charge is 2.20. The van der Waals surface area contributed by atoms with Gasteiger partial charge in [-0.2, -0.15) is 0 Å². The lowest BCUT2D eigenvalue weighted by molar-refractivity contribution is 1.19. The first-order chi connectivity index (χ1) is 19.1. The lowest BCUT2D eigenvalue weighted by Crippen LogP contribution is -2.16. The van der Waals surface area contributed by atoms with E-state index in [9.17, 15) is 0 Å². The Morgan fingerprint density at radius 3 is 0.975 bits per heavy atom. The molecule has 0 bridgehead atoms. The lowest BCUT2D eigenvalue weighted by Gasteiger charge is -2.31. The van der Waals surface area contributed by atoms with Crippen molar-refractivity contribution in [2.75, 3.05) is 9.80 Å². The fourth-order valence-corrected chi connectivity index (χ4v) is 5.82. The van der Waals surface area contributed by atoms with Gasteiger partial charge in [-0.15, -0.1) is 0 Å². The van der Waals surface area contributed by atoms with E-state index in [1.165, 1.54) is 33.5 Å². The normalized spacial score (nSPS) is 11.0. The molecule has 5 rings (SSSR count). The zero-order valence-corrected chi connectivity index (χ0v) is 24.7. The molecule has 0 aliphatic carbocycles. The van der Waals surface area contributed by atoms with E-state index in [4.69, 9.17) is 7.85 Å². The molecule has 0 N–H and O–H groups in total. The van der Waals surface area contributed by atoms with Gasteiger partial charge in [0.1, 0.15) is 7.85 Å². The van der Waals surface area contributed by atoms with E-state index in [1.807, 2.05) is 0 Å². The first kappa shape index (κ1) is 27.3. The summed E-state index contributed by atoms with van der Waals surface area (Å²) in [5.41, 5.74) is 16.2. The van der Waals surface area contributed by atoms with E-state index in [0.717, 1.165) is 45.0 Å². The summed E-state index contributed by atoms with van der Waals surface area (Å²) >= 11 is 0. The van der Waals surface area contributed by atoms with Gasteiger partial charge in [0.25, 0.3) is 0 Å². The monoisotopic (exact) mass is 520 g/mol. The number of benzene rings is 5. The summed E-state index contributed by atoms with van der Waals surface area (Å²) in [4.78, 5) is 4.72. The van der Waals surface area contributed by atoms with Crippen molar-refractivity contribution < 1.29 is 0 Å². The van der Waals surface area contributed by atoms with E-state index >= 15 is 0 Å². The first-order valence-corrected chi connectivity index (χ1v) is 13.9. The molecular weight excluding hydrogens is 483 g/mol. The summed E-state index contributed by atoms with van der Waals surface area (Å²) in [6, 6.07) is 35.1. The number of hydrogen-bond donors (Lipinski definition) is 0. The molecular formula is C37H37BN2. The van der Waals surface area contributed by atoms with E-state index in [2.05, 4.69) is 155 Å². The van der Waals surface area contributed by atoms with Gasteiger partial charge in [-0.05, 0) is 119 Å². The van der Waals surface area contributed by atoms with Gasteiger partial charge in [0.2, 0.25) is 0 Å². The molecule has 0 aromatic heterocycles. The van der Waals surface area contributed by atoms with Crippen molar-refractivity contribution in [3.8, 4) is 0 Å². The quantitative estimate of drug-likeness (QED) is 0.206. The van der Waals surface area contributed by atoms with Gasteiger partial charge in [-0.1, -0.05) is 70.7 Å². The first-order valence-electron chi connectivity index (χ1n) is 13.9. The van der Waals surface area contributed by atoms with Crippen LogP contribution in [0.2, 0.25) is 0 Å². The summed E-state index contributed by atoms with van der Waals surface area (Å²) in [7, 11) is 6.21. The van der Waals surface area contributed by atoms with Crippen molar-refractivity contribution in [2.24, 2.45) is 0 Å². The summed E-state index contributed by atoms with van der Waals surface area (Å²) in [6.07, 6.45) is 0. The van der Waals surface area contributed by atoms with Crippen molar-refractivity contribution in [1.29, 1.82) is 0 Å². The molecule has 3 heteroatoms. The molecule has 0 atom stereocenters. The van der Waals surface area contributed by atoms with Gasteiger partial charge >= 0.3 is 0 Å². The van der Waals surface area contributed by atoms with Gasteiger partial charge in [0, 0.05) is 22.7 Å². The summed E-state index contributed by atoms with van der Waals surface area (Å²) in [5.74, 6) is 0. The smallest absolute Gasteiger partial charge is 0.113 e. The Labute approximate surface area is 241 Å². The Balaban J connectivity index is 1.66. The highest BCUT2D eigenvalue weighted by Crippen LogP contribution is 2.42. The molecule has 5 aromatic carbocycles. The van der Waals surface area contributed by atoms with Crippen LogP contribution >= 0.6 is 0 Å². The van der Waals surface area contributed by atoms with Gasteiger partial charge in [0.05, 0.1) is 11.4 Å². The van der Waals surface area contributed by atoms with Crippen LogP contribution in [0.1, 0.15) is 38.9 Å². The van der Waals surface area contributed by atoms with Crippen molar-refractivity contribution >= 4 is 47.4 Å². The molecule has 0 unspecified atom stereocenters. The average Bonchev–Trinajstić information content (AvgIpc) is 2.90. The molecule has 5 aromatic rings. The average molecular weight is 521 g/mol. The van der Waals surface area contributed by atoms with E-state index in [0.29, 0.717) is 0 Å². The minimum atomic E-state index is 0.788. The van der Waals surface area contributed by atoms with Crippen molar-refractivity contribution in [2.45, 2.75) is 48.5 Å². The maximum absolute atomic E-state index is 6.21. The number of rotatable bonds is 6. The Hall–Kier alpha value is -4.24. The number of anilines is 6. The van der Waals surface area contributed by atoms with Crippen LogP contribution in [0.4, 0.5) is 34.1 Å². The van der Waals surface area contributed by atoms with Gasteiger partial charge in [-0.25, -0.2) is 0 Å². The fraction of sp³-hybridized carbons (Fsp3) is 0.189. The third kappa shape index (κ3) is 5.42. The Morgan fingerprint density at radius 2 is 0.650 bits per heavy atom. The second-order valence-electron chi connectivity index (χ2n) is 11.1. The third-order valence-corrected chi connectivity index (χ3v) is 7.55. The molecule has 0 spiro atoms. The topological polar surface area (TPSA) is 6.48 Å². The lowest BCUT2D eigenvalue weighted by atomic mass is 9.91. The molecule has 0 saturated heterocycles. The van der Waals surface area contributed by atoms with Gasteiger partial charge in [0.15, 0.2) is 0 Å². The van der Waals surface area contributed by atoms with Crippen LogP contribution in [0.25, 0.3) is 0 Å². The molecule has 0 fully saturated rings. The van der Waals surface area contributed by atoms with Crippen LogP contribution in [0.3, 0.4) is 0 Å². The number of aryl methyl sites for hydroxylation is 7. The largest absolute Gasteiger partial charge is 0.310 e. The number of hydrogen-bond acceptors (Lipinski definition) is 2. The van der Waals surface area contributed by atoms with E-state index in [-0.39, 0.29) is 0 Å². The molecule has 2 radical (unpaired) electrons. The van der Waals surface area contributed by atoms with E-state index < -0.39 is 0 Å². The predicted molar refractivity (Wildman–Crippen MR) is 174 cm³/mol. The van der Waals surface area contributed by atoms with Crippen LogP contribution in [0.15, 0.2) is 97.1 Å². The second-order valence-corrected chi connectivity index (χ2v) is 11.1. The molecule has 0 aliphatic rings. The van der Waals surface area contributed by atoms with Crippen molar-refractivity contribution in [3.05, 3.63) is 136 Å². The van der Waals surface area contributed by atoms with Crippen LogP contribution < -0.4 is 15.3 Å². The molecule has 2 nitrogen and oxygen atoms in total. The van der Waals surface area contributed by atoms with Crippen molar-refractivity contribution in [1.82, 2.24) is 0 Å². The van der Waals surface area contributed by atoms with Gasteiger partial charge < -0.3 is 9.80 Å². The zero-order chi connectivity index (χ0) is 28.6. The summed E-state index contributed by atoms with van der Waals surface area (Å²) < 4.78 is 0. The van der Waals surface area contributed by atoms with Crippen LogP contribution in [-0.4, -0.2) is 7.85 Å². The van der Waals surface area contributed by atoms with Crippen LogP contribution in [-0.2, 0) is 0 Å². The second kappa shape index (κ2) is 11.1. The maximum Gasteiger partial charge on any atom is 0.113 e. The highest BCUT2D eigenvalue weighted by atomic mass is 15.2. The minimum absolute atomic E-state index is 0.788. The Bertz CT molecular complexity index is 1480.